The number of aromatic nitrogens is 2. The molecule has 25 heavy (non-hydrogen) atoms. The minimum Gasteiger partial charge on any atom is -0.481 e. The molecule has 2 rings (SSSR count). The van der Waals surface area contributed by atoms with E-state index in [0.29, 0.717) is 11.3 Å². The monoisotopic (exact) mass is 345 g/mol. The molecule has 0 bridgehead atoms. The SMILES string of the molecule is Cc1cc(C(=O)NC(C)c2cnn(C)c2C)cc(C)c1OCC(=O)O. The zero-order valence-corrected chi connectivity index (χ0v) is 15.1. The lowest BCUT2D eigenvalue weighted by molar-refractivity contribution is -0.139. The summed E-state index contributed by atoms with van der Waals surface area (Å²) < 4.78 is 7.06. The summed E-state index contributed by atoms with van der Waals surface area (Å²) in [5.74, 6) is -0.747. The first-order valence-electron chi connectivity index (χ1n) is 7.96. The molecule has 7 heteroatoms. The molecule has 7 nitrogen and oxygen atoms in total. The molecule has 0 aliphatic heterocycles. The number of aryl methyl sites for hydroxylation is 3. The first-order chi connectivity index (χ1) is 11.7. The molecule has 1 unspecified atom stereocenters. The van der Waals surface area contributed by atoms with E-state index in [9.17, 15) is 9.59 Å². The number of benzene rings is 1. The molecule has 1 aromatic carbocycles. The third-order valence-corrected chi connectivity index (χ3v) is 4.15. The number of aliphatic carboxylic acids is 1. The van der Waals surface area contributed by atoms with Crippen molar-refractivity contribution in [3.05, 3.63) is 46.3 Å². The van der Waals surface area contributed by atoms with Crippen molar-refractivity contribution in [3.63, 3.8) is 0 Å². The minimum atomic E-state index is -1.04. The standard InChI is InChI=1S/C18H23N3O4/c1-10-6-14(7-11(2)17(10)25-9-16(22)23)18(24)20-12(3)15-8-19-21(5)13(15)4/h6-8,12H,9H2,1-5H3,(H,20,24)(H,22,23). The second-order valence-corrected chi connectivity index (χ2v) is 6.13. The van der Waals surface area contributed by atoms with Crippen LogP contribution >= 0.6 is 0 Å². The van der Waals surface area contributed by atoms with Crippen molar-refractivity contribution < 1.29 is 19.4 Å². The first-order valence-corrected chi connectivity index (χ1v) is 7.96. The molecule has 1 atom stereocenters. The Labute approximate surface area is 146 Å². The molecule has 2 N–H and O–H groups in total. The zero-order valence-electron chi connectivity index (χ0n) is 15.1. The summed E-state index contributed by atoms with van der Waals surface area (Å²) in [6.45, 7) is 7.02. The molecule has 0 spiro atoms. The van der Waals surface area contributed by atoms with Gasteiger partial charge in [-0.2, -0.15) is 5.10 Å². The van der Waals surface area contributed by atoms with E-state index in [4.69, 9.17) is 9.84 Å². The minimum absolute atomic E-state index is 0.176. The Morgan fingerprint density at radius 2 is 1.88 bits per heavy atom. The van der Waals surface area contributed by atoms with Gasteiger partial charge in [0.1, 0.15) is 5.75 Å². The number of carbonyl (C=O) groups excluding carboxylic acids is 1. The number of rotatable bonds is 6. The average molecular weight is 345 g/mol. The molecule has 1 aromatic heterocycles. The van der Waals surface area contributed by atoms with E-state index >= 15 is 0 Å². The second-order valence-electron chi connectivity index (χ2n) is 6.13. The second kappa shape index (κ2) is 7.38. The van der Waals surface area contributed by atoms with Crippen molar-refractivity contribution in [3.8, 4) is 5.75 Å². The van der Waals surface area contributed by atoms with E-state index < -0.39 is 12.6 Å². The van der Waals surface area contributed by atoms with E-state index in [1.807, 2.05) is 20.9 Å². The summed E-state index contributed by atoms with van der Waals surface area (Å²) in [7, 11) is 1.86. The van der Waals surface area contributed by atoms with Gasteiger partial charge in [0, 0.05) is 23.9 Å². The molecule has 0 saturated carbocycles. The quantitative estimate of drug-likeness (QED) is 0.838. The van der Waals surface area contributed by atoms with Crippen LogP contribution in [0.1, 0.15) is 45.7 Å². The number of hydrogen-bond donors (Lipinski definition) is 2. The summed E-state index contributed by atoms with van der Waals surface area (Å²) >= 11 is 0. The van der Waals surface area contributed by atoms with Crippen LogP contribution in [0.25, 0.3) is 0 Å². The van der Waals surface area contributed by atoms with Gasteiger partial charge in [0.25, 0.3) is 5.91 Å². The highest BCUT2D eigenvalue weighted by atomic mass is 16.5. The maximum Gasteiger partial charge on any atom is 0.341 e. The van der Waals surface area contributed by atoms with Gasteiger partial charge in [-0.3, -0.25) is 9.48 Å². The Balaban J connectivity index is 2.16. The molecular formula is C18H23N3O4. The number of nitrogens with one attached hydrogen (secondary N) is 1. The molecule has 1 heterocycles. The predicted molar refractivity (Wildman–Crippen MR) is 92.9 cm³/mol. The van der Waals surface area contributed by atoms with Gasteiger partial charge >= 0.3 is 5.97 Å². The maximum atomic E-state index is 12.6. The van der Waals surface area contributed by atoms with Gasteiger partial charge in [0.05, 0.1) is 12.2 Å². The topological polar surface area (TPSA) is 93.5 Å². The fraction of sp³-hybridized carbons (Fsp3) is 0.389. The Morgan fingerprint density at radius 3 is 2.36 bits per heavy atom. The zero-order chi connectivity index (χ0) is 18.7. The van der Waals surface area contributed by atoms with Crippen molar-refractivity contribution in [1.29, 1.82) is 0 Å². The van der Waals surface area contributed by atoms with Crippen molar-refractivity contribution >= 4 is 11.9 Å². The summed E-state index contributed by atoms with van der Waals surface area (Å²) in [5.41, 5.74) is 3.91. The fourth-order valence-electron chi connectivity index (χ4n) is 2.74. The lowest BCUT2D eigenvalue weighted by atomic mass is 10.0. The summed E-state index contributed by atoms with van der Waals surface area (Å²) in [4.78, 5) is 23.2. The number of hydrogen-bond acceptors (Lipinski definition) is 4. The molecule has 0 aliphatic carbocycles. The third kappa shape index (κ3) is 4.17. The molecule has 0 fully saturated rings. The summed E-state index contributed by atoms with van der Waals surface area (Å²) in [6.07, 6.45) is 1.75. The van der Waals surface area contributed by atoms with Crippen LogP contribution in [-0.2, 0) is 11.8 Å². The van der Waals surface area contributed by atoms with Crippen LogP contribution in [0.4, 0.5) is 0 Å². The number of amides is 1. The lowest BCUT2D eigenvalue weighted by Crippen LogP contribution is -2.27. The van der Waals surface area contributed by atoms with Crippen molar-refractivity contribution in [2.45, 2.75) is 33.7 Å². The summed E-state index contributed by atoms with van der Waals surface area (Å²) in [6, 6.07) is 3.22. The van der Waals surface area contributed by atoms with Crippen LogP contribution in [0.2, 0.25) is 0 Å². The van der Waals surface area contributed by atoms with Gasteiger partial charge < -0.3 is 15.2 Å². The number of carboxylic acid groups (broad SMARTS) is 1. The van der Waals surface area contributed by atoms with Gasteiger partial charge in [-0.25, -0.2) is 4.79 Å². The first kappa shape index (κ1) is 18.5. The van der Waals surface area contributed by atoms with Crippen LogP contribution in [-0.4, -0.2) is 33.4 Å². The van der Waals surface area contributed by atoms with Crippen LogP contribution < -0.4 is 10.1 Å². The number of carboxylic acids is 1. The smallest absolute Gasteiger partial charge is 0.341 e. The normalized spacial score (nSPS) is 11.9. The van der Waals surface area contributed by atoms with E-state index in [2.05, 4.69) is 10.4 Å². The van der Waals surface area contributed by atoms with E-state index in [1.54, 1.807) is 36.9 Å². The molecular weight excluding hydrogens is 322 g/mol. The van der Waals surface area contributed by atoms with Gasteiger partial charge in [-0.05, 0) is 51.0 Å². The van der Waals surface area contributed by atoms with Gasteiger partial charge in [0.2, 0.25) is 0 Å². The molecule has 1 amide bonds. The summed E-state index contributed by atoms with van der Waals surface area (Å²) in [5, 5.41) is 15.9. The molecule has 134 valence electrons. The molecule has 0 radical (unpaired) electrons. The van der Waals surface area contributed by atoms with Gasteiger partial charge in [0.15, 0.2) is 6.61 Å². The number of nitrogens with zero attached hydrogens (tertiary/aromatic N) is 2. The molecule has 0 saturated heterocycles. The predicted octanol–water partition coefficient (Wildman–Crippen LogP) is 2.30. The van der Waals surface area contributed by atoms with E-state index in [0.717, 1.165) is 22.4 Å². The Hall–Kier alpha value is -2.83. The molecule has 0 aliphatic rings. The van der Waals surface area contributed by atoms with Gasteiger partial charge in [-0.15, -0.1) is 0 Å². The van der Waals surface area contributed by atoms with Crippen molar-refractivity contribution in [2.24, 2.45) is 7.05 Å². The fourth-order valence-corrected chi connectivity index (χ4v) is 2.74. The van der Waals surface area contributed by atoms with Crippen molar-refractivity contribution in [2.75, 3.05) is 6.61 Å². The van der Waals surface area contributed by atoms with E-state index in [1.165, 1.54) is 0 Å². The molecule has 2 aromatic rings. The Bertz CT molecular complexity index is 788. The highest BCUT2D eigenvalue weighted by molar-refractivity contribution is 5.95. The Kier molecular flexibility index (Phi) is 5.46. The average Bonchev–Trinajstić information content (AvgIpc) is 2.85. The van der Waals surface area contributed by atoms with Crippen LogP contribution in [0, 0.1) is 20.8 Å². The van der Waals surface area contributed by atoms with Gasteiger partial charge in [-0.1, -0.05) is 0 Å². The van der Waals surface area contributed by atoms with Crippen molar-refractivity contribution in [1.82, 2.24) is 15.1 Å². The van der Waals surface area contributed by atoms with E-state index in [-0.39, 0.29) is 11.9 Å². The lowest BCUT2D eigenvalue weighted by Gasteiger charge is -2.16. The maximum absolute atomic E-state index is 12.6. The highest BCUT2D eigenvalue weighted by Crippen LogP contribution is 2.25. The number of ether oxygens (including phenoxy) is 1. The third-order valence-electron chi connectivity index (χ3n) is 4.15. The van der Waals surface area contributed by atoms with Crippen LogP contribution in [0.3, 0.4) is 0 Å². The van der Waals surface area contributed by atoms with Crippen LogP contribution in [0.15, 0.2) is 18.3 Å². The Morgan fingerprint density at radius 1 is 1.28 bits per heavy atom. The van der Waals surface area contributed by atoms with Crippen LogP contribution in [0.5, 0.6) is 5.75 Å². The largest absolute Gasteiger partial charge is 0.481 e. The highest BCUT2D eigenvalue weighted by Gasteiger charge is 2.17. The number of carbonyl (C=O) groups is 2.